The Kier molecular flexibility index (Phi) is 5.48. The summed E-state index contributed by atoms with van der Waals surface area (Å²) >= 11 is 0. The van der Waals surface area contributed by atoms with Gasteiger partial charge in [0.15, 0.2) is 0 Å². The number of benzene rings is 2. The summed E-state index contributed by atoms with van der Waals surface area (Å²) in [7, 11) is 1.24. The fourth-order valence-corrected chi connectivity index (χ4v) is 2.05. The van der Waals surface area contributed by atoms with Gasteiger partial charge in [0.25, 0.3) is 0 Å². The van der Waals surface area contributed by atoms with Crippen LogP contribution in [0.2, 0.25) is 0 Å². The van der Waals surface area contributed by atoms with Crippen molar-refractivity contribution in [1.29, 1.82) is 5.26 Å². The van der Waals surface area contributed by atoms with E-state index in [0.29, 0.717) is 22.4 Å². The second-order valence-electron chi connectivity index (χ2n) is 5.03. The second-order valence-corrected chi connectivity index (χ2v) is 5.03. The van der Waals surface area contributed by atoms with Gasteiger partial charge < -0.3 is 9.47 Å². The zero-order valence-corrected chi connectivity index (χ0v) is 13.6. The van der Waals surface area contributed by atoms with Crippen LogP contribution in [0.1, 0.15) is 16.7 Å². The fourth-order valence-electron chi connectivity index (χ4n) is 2.05. The number of hydrogen-bond donors (Lipinski definition) is 0. The highest BCUT2D eigenvalue weighted by Gasteiger charge is 2.17. The van der Waals surface area contributed by atoms with Crippen LogP contribution in [0.5, 0.6) is 11.5 Å². The maximum atomic E-state index is 11.3. The molecular weight excluding hydrogens is 324 g/mol. The SMILES string of the molecule is COC(=O)/C=C/c1ccc(Oc2ccc(C#N)cc2C)c([N+](=O)[O-])c1. The number of nitrogens with zero attached hydrogens (tertiary/aromatic N) is 2. The van der Waals surface area contributed by atoms with Crippen molar-refractivity contribution in [1.82, 2.24) is 0 Å². The molecule has 0 amide bonds. The molecule has 0 heterocycles. The van der Waals surface area contributed by atoms with Crippen molar-refractivity contribution in [3.63, 3.8) is 0 Å². The van der Waals surface area contributed by atoms with Gasteiger partial charge in [-0.15, -0.1) is 0 Å². The molecule has 0 spiro atoms. The van der Waals surface area contributed by atoms with Crippen LogP contribution in [0.15, 0.2) is 42.5 Å². The van der Waals surface area contributed by atoms with E-state index in [-0.39, 0.29) is 11.4 Å². The van der Waals surface area contributed by atoms with Crippen molar-refractivity contribution in [2.24, 2.45) is 0 Å². The first-order chi connectivity index (χ1) is 11.9. The number of nitro groups is 1. The minimum Gasteiger partial charge on any atom is -0.466 e. The van der Waals surface area contributed by atoms with E-state index >= 15 is 0 Å². The smallest absolute Gasteiger partial charge is 0.330 e. The predicted molar refractivity (Wildman–Crippen MR) is 90.1 cm³/mol. The molecule has 0 saturated carbocycles. The Hall–Kier alpha value is -3.66. The van der Waals surface area contributed by atoms with Crippen LogP contribution >= 0.6 is 0 Å². The molecule has 2 rings (SSSR count). The summed E-state index contributed by atoms with van der Waals surface area (Å²) < 4.78 is 10.1. The van der Waals surface area contributed by atoms with E-state index in [4.69, 9.17) is 10.00 Å². The number of carbonyl (C=O) groups excluding carboxylic acids is 1. The summed E-state index contributed by atoms with van der Waals surface area (Å²) in [5.41, 5.74) is 1.38. The molecule has 0 N–H and O–H groups in total. The fraction of sp³-hybridized carbons (Fsp3) is 0.111. The van der Waals surface area contributed by atoms with Gasteiger partial charge in [-0.2, -0.15) is 5.26 Å². The summed E-state index contributed by atoms with van der Waals surface area (Å²) in [4.78, 5) is 21.9. The van der Waals surface area contributed by atoms with Crippen molar-refractivity contribution in [3.8, 4) is 17.6 Å². The number of rotatable bonds is 5. The minimum atomic E-state index is -0.566. The van der Waals surface area contributed by atoms with Crippen molar-refractivity contribution in [3.05, 3.63) is 69.3 Å². The van der Waals surface area contributed by atoms with E-state index in [1.165, 1.54) is 31.4 Å². The molecule has 0 saturated heterocycles. The molecule has 0 atom stereocenters. The summed E-state index contributed by atoms with van der Waals surface area (Å²) in [6, 6.07) is 11.1. The molecule has 0 unspecified atom stereocenters. The third kappa shape index (κ3) is 4.42. The first-order valence-corrected chi connectivity index (χ1v) is 7.17. The number of hydrogen-bond acceptors (Lipinski definition) is 6. The molecule has 0 aliphatic rings. The van der Waals surface area contributed by atoms with E-state index in [2.05, 4.69) is 4.74 Å². The standard InChI is InChI=1S/C18H14N2O5/c1-12-9-14(11-19)4-6-16(12)25-17-7-3-13(5-8-18(21)24-2)10-15(17)20(22)23/h3-10H,1-2H3/b8-5+. The third-order valence-corrected chi connectivity index (χ3v) is 3.32. The first-order valence-electron chi connectivity index (χ1n) is 7.17. The number of ether oxygens (including phenoxy) is 2. The lowest BCUT2D eigenvalue weighted by Crippen LogP contribution is -1.96. The Morgan fingerprint density at radius 1 is 1.24 bits per heavy atom. The average Bonchev–Trinajstić information content (AvgIpc) is 2.61. The molecule has 0 fully saturated rings. The van der Waals surface area contributed by atoms with Gasteiger partial charge in [-0.05, 0) is 48.4 Å². The van der Waals surface area contributed by atoms with Gasteiger partial charge in [0, 0.05) is 12.1 Å². The van der Waals surface area contributed by atoms with Gasteiger partial charge in [0.2, 0.25) is 5.75 Å². The zero-order chi connectivity index (χ0) is 18.4. The maximum absolute atomic E-state index is 11.3. The lowest BCUT2D eigenvalue weighted by atomic mass is 10.1. The van der Waals surface area contributed by atoms with Crippen LogP contribution in [-0.2, 0) is 9.53 Å². The van der Waals surface area contributed by atoms with Gasteiger partial charge in [0.05, 0.1) is 23.7 Å². The molecule has 0 aliphatic carbocycles. The van der Waals surface area contributed by atoms with Crippen molar-refractivity contribution in [2.75, 3.05) is 7.11 Å². The number of aryl methyl sites for hydroxylation is 1. The summed E-state index contributed by atoms with van der Waals surface area (Å²) in [6.45, 7) is 1.75. The predicted octanol–water partition coefficient (Wildman–Crippen LogP) is 3.75. The molecule has 2 aromatic carbocycles. The van der Waals surface area contributed by atoms with Crippen molar-refractivity contribution in [2.45, 2.75) is 6.92 Å². The molecule has 0 aliphatic heterocycles. The van der Waals surface area contributed by atoms with E-state index in [1.807, 2.05) is 6.07 Å². The minimum absolute atomic E-state index is 0.0630. The zero-order valence-electron chi connectivity index (χ0n) is 13.6. The van der Waals surface area contributed by atoms with E-state index < -0.39 is 10.9 Å². The van der Waals surface area contributed by atoms with Crippen LogP contribution in [0, 0.1) is 28.4 Å². The lowest BCUT2D eigenvalue weighted by Gasteiger charge is -2.09. The van der Waals surface area contributed by atoms with Gasteiger partial charge >= 0.3 is 11.7 Å². The van der Waals surface area contributed by atoms with Crippen LogP contribution in [0.4, 0.5) is 5.69 Å². The van der Waals surface area contributed by atoms with Crippen LogP contribution in [-0.4, -0.2) is 18.0 Å². The summed E-state index contributed by atoms with van der Waals surface area (Å²) in [5, 5.41) is 20.2. The van der Waals surface area contributed by atoms with E-state index in [9.17, 15) is 14.9 Å². The second kappa shape index (κ2) is 7.75. The normalized spacial score (nSPS) is 10.3. The molecular formula is C18H14N2O5. The Bertz CT molecular complexity index is 897. The highest BCUT2D eigenvalue weighted by atomic mass is 16.6. The molecule has 0 bridgehead atoms. The topological polar surface area (TPSA) is 102 Å². The van der Waals surface area contributed by atoms with Gasteiger partial charge in [-0.1, -0.05) is 6.07 Å². The van der Waals surface area contributed by atoms with Crippen LogP contribution < -0.4 is 4.74 Å². The van der Waals surface area contributed by atoms with Crippen molar-refractivity contribution >= 4 is 17.7 Å². The van der Waals surface area contributed by atoms with Gasteiger partial charge in [0.1, 0.15) is 5.75 Å². The molecule has 0 radical (unpaired) electrons. The van der Waals surface area contributed by atoms with E-state index in [1.54, 1.807) is 31.2 Å². The molecule has 126 valence electrons. The summed E-state index contributed by atoms with van der Waals surface area (Å²) in [5.74, 6) is -0.0795. The Labute approximate surface area is 143 Å². The molecule has 0 aromatic heterocycles. The Morgan fingerprint density at radius 3 is 2.56 bits per heavy atom. The summed E-state index contributed by atoms with van der Waals surface area (Å²) in [6.07, 6.45) is 2.58. The molecule has 7 heteroatoms. The largest absolute Gasteiger partial charge is 0.466 e. The number of esters is 1. The van der Waals surface area contributed by atoms with Crippen LogP contribution in [0.3, 0.4) is 0 Å². The maximum Gasteiger partial charge on any atom is 0.330 e. The number of methoxy groups -OCH3 is 1. The van der Waals surface area contributed by atoms with E-state index in [0.717, 1.165) is 0 Å². The van der Waals surface area contributed by atoms with Gasteiger partial charge in [-0.3, -0.25) is 10.1 Å². The first kappa shape index (κ1) is 17.7. The molecule has 25 heavy (non-hydrogen) atoms. The third-order valence-electron chi connectivity index (χ3n) is 3.32. The monoisotopic (exact) mass is 338 g/mol. The lowest BCUT2D eigenvalue weighted by molar-refractivity contribution is -0.385. The Balaban J connectivity index is 2.35. The Morgan fingerprint density at radius 2 is 1.96 bits per heavy atom. The van der Waals surface area contributed by atoms with Gasteiger partial charge in [-0.25, -0.2) is 4.79 Å². The average molecular weight is 338 g/mol. The number of nitro benzene ring substituents is 1. The highest BCUT2D eigenvalue weighted by Crippen LogP contribution is 2.34. The molecule has 2 aromatic rings. The van der Waals surface area contributed by atoms with Crippen molar-refractivity contribution < 1.29 is 19.2 Å². The van der Waals surface area contributed by atoms with Crippen LogP contribution in [0.25, 0.3) is 6.08 Å². The number of carbonyl (C=O) groups is 1. The number of nitriles is 1. The molecule has 7 nitrogen and oxygen atoms in total. The quantitative estimate of drug-likeness (QED) is 0.356. The highest BCUT2D eigenvalue weighted by molar-refractivity contribution is 5.87.